The van der Waals surface area contributed by atoms with Gasteiger partial charge in [0.15, 0.2) is 0 Å². The Morgan fingerprint density at radius 3 is 3.09 bits per heavy atom. The monoisotopic (exact) mass is 166 g/mol. The first-order valence-electron chi connectivity index (χ1n) is 2.97. The fourth-order valence-corrected chi connectivity index (χ4v) is 0.631. The SMILES string of the molecule is O=c1ncc(C#CCS)c[nH]1. The molecule has 0 aromatic carbocycles. The summed E-state index contributed by atoms with van der Waals surface area (Å²) in [7, 11) is 0. The van der Waals surface area contributed by atoms with Gasteiger partial charge in [-0.1, -0.05) is 11.8 Å². The van der Waals surface area contributed by atoms with Gasteiger partial charge in [0.05, 0.1) is 11.3 Å². The van der Waals surface area contributed by atoms with Crippen molar-refractivity contribution in [2.24, 2.45) is 0 Å². The van der Waals surface area contributed by atoms with Gasteiger partial charge in [-0.25, -0.2) is 9.78 Å². The van der Waals surface area contributed by atoms with E-state index in [1.807, 2.05) is 0 Å². The largest absolute Gasteiger partial charge is 0.344 e. The van der Waals surface area contributed by atoms with Crippen molar-refractivity contribution < 1.29 is 0 Å². The number of aromatic nitrogens is 2. The number of thiol groups is 1. The summed E-state index contributed by atoms with van der Waals surface area (Å²) in [5.74, 6) is 6.00. The molecule has 0 fully saturated rings. The van der Waals surface area contributed by atoms with E-state index in [4.69, 9.17) is 0 Å². The third kappa shape index (κ3) is 2.48. The first kappa shape index (κ1) is 7.89. The van der Waals surface area contributed by atoms with Crippen LogP contribution in [0.1, 0.15) is 5.56 Å². The minimum Gasteiger partial charge on any atom is -0.311 e. The molecule has 0 aliphatic heterocycles. The Hall–Kier alpha value is -1.21. The lowest BCUT2D eigenvalue weighted by Gasteiger charge is -1.84. The highest BCUT2D eigenvalue weighted by Gasteiger charge is 1.84. The van der Waals surface area contributed by atoms with Crippen LogP contribution < -0.4 is 5.69 Å². The molecule has 4 heteroatoms. The maximum absolute atomic E-state index is 10.5. The van der Waals surface area contributed by atoms with Crippen LogP contribution in [0.2, 0.25) is 0 Å². The molecule has 1 N–H and O–H groups in total. The van der Waals surface area contributed by atoms with E-state index in [-0.39, 0.29) is 5.69 Å². The second-order valence-corrected chi connectivity index (χ2v) is 2.08. The van der Waals surface area contributed by atoms with E-state index in [1.54, 1.807) is 0 Å². The Kier molecular flexibility index (Phi) is 2.75. The van der Waals surface area contributed by atoms with Crippen molar-refractivity contribution in [1.29, 1.82) is 0 Å². The molecule has 0 unspecified atom stereocenters. The maximum atomic E-state index is 10.5. The minimum atomic E-state index is -0.360. The van der Waals surface area contributed by atoms with Gasteiger partial charge in [0.25, 0.3) is 0 Å². The van der Waals surface area contributed by atoms with E-state index in [1.165, 1.54) is 12.4 Å². The quantitative estimate of drug-likeness (QED) is 0.422. The molecular weight excluding hydrogens is 160 g/mol. The predicted molar refractivity (Wildman–Crippen MR) is 45.6 cm³/mol. The van der Waals surface area contributed by atoms with Crippen LogP contribution >= 0.6 is 12.6 Å². The molecule has 0 radical (unpaired) electrons. The van der Waals surface area contributed by atoms with E-state index >= 15 is 0 Å². The lowest BCUT2D eigenvalue weighted by atomic mass is 10.3. The average Bonchev–Trinajstić information content (AvgIpc) is 2.04. The van der Waals surface area contributed by atoms with Crippen LogP contribution in [0.15, 0.2) is 17.2 Å². The molecule has 11 heavy (non-hydrogen) atoms. The number of H-pyrrole nitrogens is 1. The van der Waals surface area contributed by atoms with Crippen LogP contribution in [0.4, 0.5) is 0 Å². The van der Waals surface area contributed by atoms with Gasteiger partial charge in [0.1, 0.15) is 0 Å². The summed E-state index contributed by atoms with van der Waals surface area (Å²) in [5.41, 5.74) is 0.333. The average molecular weight is 166 g/mol. The molecule has 0 atom stereocenters. The second-order valence-electron chi connectivity index (χ2n) is 1.77. The van der Waals surface area contributed by atoms with Gasteiger partial charge < -0.3 is 4.98 Å². The standard InChI is InChI=1S/C7H6N2OS/c10-7-8-4-6(5-9-7)2-1-3-11/h4-5,11H,3H2,(H,8,9,10). The summed E-state index contributed by atoms with van der Waals surface area (Å²) in [6, 6.07) is 0. The molecule has 0 amide bonds. The van der Waals surface area contributed by atoms with Crippen LogP contribution in [0, 0.1) is 11.8 Å². The molecule has 3 nitrogen and oxygen atoms in total. The normalized spacial score (nSPS) is 8.45. The molecule has 0 aliphatic carbocycles. The zero-order valence-corrected chi connectivity index (χ0v) is 6.56. The van der Waals surface area contributed by atoms with Crippen molar-refractivity contribution in [1.82, 2.24) is 9.97 Å². The van der Waals surface area contributed by atoms with Gasteiger partial charge in [-0.2, -0.15) is 12.6 Å². The van der Waals surface area contributed by atoms with E-state index in [0.29, 0.717) is 11.3 Å². The molecular formula is C7H6N2OS. The molecule has 1 rings (SSSR count). The molecule has 56 valence electrons. The molecule has 0 bridgehead atoms. The third-order valence-corrected chi connectivity index (χ3v) is 1.14. The Bertz CT molecular complexity index is 327. The third-order valence-electron chi connectivity index (χ3n) is 0.984. The Balaban J connectivity index is 2.90. The minimum absolute atomic E-state index is 0.360. The molecule has 1 aromatic heterocycles. The van der Waals surface area contributed by atoms with Crippen molar-refractivity contribution in [3.8, 4) is 11.8 Å². The summed E-state index contributed by atoms with van der Waals surface area (Å²) < 4.78 is 0. The number of aromatic amines is 1. The van der Waals surface area contributed by atoms with Crippen molar-refractivity contribution in [2.75, 3.05) is 5.75 Å². The topological polar surface area (TPSA) is 45.8 Å². The number of rotatable bonds is 0. The zero-order chi connectivity index (χ0) is 8.10. The van der Waals surface area contributed by atoms with Gasteiger partial charge in [-0.3, -0.25) is 0 Å². The van der Waals surface area contributed by atoms with Crippen molar-refractivity contribution in [3.05, 3.63) is 28.4 Å². The van der Waals surface area contributed by atoms with E-state index in [2.05, 4.69) is 34.4 Å². The van der Waals surface area contributed by atoms with Gasteiger partial charge in [-0.15, -0.1) is 0 Å². The van der Waals surface area contributed by atoms with Gasteiger partial charge in [0, 0.05) is 12.4 Å². The maximum Gasteiger partial charge on any atom is 0.344 e. The first-order valence-corrected chi connectivity index (χ1v) is 3.60. The highest BCUT2D eigenvalue weighted by Crippen LogP contribution is 1.85. The summed E-state index contributed by atoms with van der Waals surface area (Å²) in [5, 5.41) is 0. The van der Waals surface area contributed by atoms with Crippen LogP contribution in [0.3, 0.4) is 0 Å². The molecule has 0 saturated carbocycles. The lowest BCUT2D eigenvalue weighted by Crippen LogP contribution is -2.07. The molecule has 0 aliphatic rings. The number of nitrogens with one attached hydrogen (secondary N) is 1. The van der Waals surface area contributed by atoms with Gasteiger partial charge >= 0.3 is 5.69 Å². The second kappa shape index (κ2) is 3.84. The van der Waals surface area contributed by atoms with Gasteiger partial charge in [-0.05, 0) is 0 Å². The van der Waals surface area contributed by atoms with Crippen LogP contribution in [0.25, 0.3) is 0 Å². The van der Waals surface area contributed by atoms with Gasteiger partial charge in [0.2, 0.25) is 0 Å². The fourth-order valence-electron chi connectivity index (χ4n) is 0.552. The summed E-state index contributed by atoms with van der Waals surface area (Å²) in [6.07, 6.45) is 2.95. The van der Waals surface area contributed by atoms with E-state index in [9.17, 15) is 4.79 Å². The molecule has 0 spiro atoms. The summed E-state index contributed by atoms with van der Waals surface area (Å²) >= 11 is 3.91. The van der Waals surface area contributed by atoms with Crippen LogP contribution in [-0.2, 0) is 0 Å². The highest BCUT2D eigenvalue weighted by atomic mass is 32.1. The summed E-state index contributed by atoms with van der Waals surface area (Å²) in [6.45, 7) is 0. The van der Waals surface area contributed by atoms with Crippen molar-refractivity contribution in [2.45, 2.75) is 0 Å². The molecule has 0 saturated heterocycles. The smallest absolute Gasteiger partial charge is 0.311 e. The van der Waals surface area contributed by atoms with Crippen molar-refractivity contribution >= 4 is 12.6 Å². The number of nitrogens with zero attached hydrogens (tertiary/aromatic N) is 1. The first-order chi connectivity index (χ1) is 5.33. The predicted octanol–water partition coefficient (Wildman–Crippen LogP) is 0.0512. The number of hydrogen-bond donors (Lipinski definition) is 2. The van der Waals surface area contributed by atoms with E-state index in [0.717, 1.165) is 0 Å². The highest BCUT2D eigenvalue weighted by molar-refractivity contribution is 7.80. The Morgan fingerprint density at radius 1 is 1.73 bits per heavy atom. The molecule has 1 aromatic rings. The van der Waals surface area contributed by atoms with Crippen molar-refractivity contribution in [3.63, 3.8) is 0 Å². The lowest BCUT2D eigenvalue weighted by molar-refractivity contribution is 1.07. The van der Waals surface area contributed by atoms with Crippen LogP contribution in [-0.4, -0.2) is 15.7 Å². The fraction of sp³-hybridized carbons (Fsp3) is 0.143. The zero-order valence-electron chi connectivity index (χ0n) is 5.66. The molecule has 1 heterocycles. The Labute approximate surface area is 69.3 Å². The van der Waals surface area contributed by atoms with Crippen LogP contribution in [0.5, 0.6) is 0 Å². The Morgan fingerprint density at radius 2 is 2.55 bits per heavy atom. The number of hydrogen-bond acceptors (Lipinski definition) is 3. The van der Waals surface area contributed by atoms with E-state index < -0.39 is 0 Å². The summed E-state index contributed by atoms with van der Waals surface area (Å²) in [4.78, 5) is 16.4.